The normalized spacial score (nSPS) is 17.1. The van der Waals surface area contributed by atoms with Gasteiger partial charge in [0, 0.05) is 7.24 Å². The molecule has 1 aliphatic rings. The highest BCUT2D eigenvalue weighted by molar-refractivity contribution is 7.56. The molecule has 1 N–H and O–H groups in total. The lowest BCUT2D eigenvalue weighted by atomic mass is 10.0. The van der Waals surface area contributed by atoms with Gasteiger partial charge in [0.25, 0.3) is 0 Å². The number of benzene rings is 2. The predicted octanol–water partition coefficient (Wildman–Crippen LogP) is 5.48. The van der Waals surface area contributed by atoms with Crippen LogP contribution in [0.5, 0.6) is 5.75 Å². The van der Waals surface area contributed by atoms with Crippen LogP contribution >= 0.6 is 7.60 Å². The summed E-state index contributed by atoms with van der Waals surface area (Å²) < 4.78 is 23.0. The molecule has 25 heavy (non-hydrogen) atoms. The van der Waals surface area contributed by atoms with Crippen LogP contribution in [0.3, 0.4) is 0 Å². The van der Waals surface area contributed by atoms with E-state index in [0.717, 1.165) is 35.3 Å². The molecule has 0 heterocycles. The summed E-state index contributed by atoms with van der Waals surface area (Å²) in [7, 11) is -3.71. The molecule has 0 amide bonds. The minimum Gasteiger partial charge on any atom is -0.489 e. The van der Waals surface area contributed by atoms with Gasteiger partial charge in [0.05, 0.1) is 6.61 Å². The van der Waals surface area contributed by atoms with Gasteiger partial charge in [-0.05, 0) is 54.5 Å². The SMILES string of the molecule is CCOP(=O)(O)/C=C(/c1cccc(OCc2ccccc2)c1)C1CC1.[HH]. The molecule has 1 saturated carbocycles. The summed E-state index contributed by atoms with van der Waals surface area (Å²) in [6, 6.07) is 17.7. The Morgan fingerprint density at radius 3 is 2.68 bits per heavy atom. The third-order valence-electron chi connectivity index (χ3n) is 4.05. The Morgan fingerprint density at radius 1 is 1.24 bits per heavy atom. The van der Waals surface area contributed by atoms with Gasteiger partial charge in [-0.1, -0.05) is 42.5 Å². The molecule has 0 radical (unpaired) electrons. The number of ether oxygens (including phenoxy) is 1. The first-order valence-corrected chi connectivity index (χ1v) is 10.2. The van der Waals surface area contributed by atoms with Crippen molar-refractivity contribution in [2.45, 2.75) is 26.4 Å². The molecule has 0 bridgehead atoms. The Balaban J connectivity index is 0.00000243. The number of hydrogen-bond acceptors (Lipinski definition) is 3. The minimum atomic E-state index is -3.71. The lowest BCUT2D eigenvalue weighted by molar-refractivity contribution is 0.283. The topological polar surface area (TPSA) is 55.8 Å². The standard InChI is InChI=1S/C20H23O4P.H2/c1-2-24-25(21,22)15-20(17-11-12-17)18-9-6-10-19(13-18)23-14-16-7-4-3-5-8-16;/h3-10,13,15,17H,2,11-12,14H2,1H3,(H,21,22);1H/b20-15+;. The van der Waals surface area contributed by atoms with Crippen molar-refractivity contribution in [1.29, 1.82) is 0 Å². The van der Waals surface area contributed by atoms with Crippen LogP contribution in [-0.2, 0) is 15.7 Å². The van der Waals surface area contributed by atoms with Crippen molar-refractivity contribution >= 4 is 13.2 Å². The van der Waals surface area contributed by atoms with Crippen LogP contribution in [0.2, 0.25) is 0 Å². The smallest absolute Gasteiger partial charge is 0.351 e. The average Bonchev–Trinajstić information content (AvgIpc) is 3.44. The van der Waals surface area contributed by atoms with Crippen LogP contribution in [0.1, 0.15) is 32.3 Å². The monoisotopic (exact) mass is 360 g/mol. The van der Waals surface area contributed by atoms with Gasteiger partial charge in [-0.25, -0.2) is 0 Å². The van der Waals surface area contributed by atoms with E-state index in [9.17, 15) is 9.46 Å². The van der Waals surface area contributed by atoms with Gasteiger partial charge in [-0.15, -0.1) is 0 Å². The van der Waals surface area contributed by atoms with E-state index >= 15 is 0 Å². The fourth-order valence-corrected chi connectivity index (χ4v) is 3.87. The summed E-state index contributed by atoms with van der Waals surface area (Å²) in [5.41, 5.74) is 2.90. The Kier molecular flexibility index (Phi) is 5.74. The average molecular weight is 360 g/mol. The Hall–Kier alpha value is -1.87. The van der Waals surface area contributed by atoms with E-state index in [0.29, 0.717) is 12.5 Å². The maximum absolute atomic E-state index is 12.2. The molecule has 0 aliphatic heterocycles. The van der Waals surface area contributed by atoms with E-state index in [1.54, 1.807) is 6.92 Å². The van der Waals surface area contributed by atoms with E-state index in [4.69, 9.17) is 9.26 Å². The van der Waals surface area contributed by atoms with Crippen molar-refractivity contribution < 1.29 is 20.1 Å². The lowest BCUT2D eigenvalue weighted by Gasteiger charge is -2.13. The van der Waals surface area contributed by atoms with E-state index < -0.39 is 7.60 Å². The van der Waals surface area contributed by atoms with E-state index in [1.807, 2.05) is 54.6 Å². The molecule has 0 saturated heterocycles. The number of rotatable bonds is 8. The van der Waals surface area contributed by atoms with Gasteiger partial charge in [-0.3, -0.25) is 4.57 Å². The predicted molar refractivity (Wildman–Crippen MR) is 101 cm³/mol. The highest BCUT2D eigenvalue weighted by Gasteiger charge is 2.30. The second-order valence-electron chi connectivity index (χ2n) is 6.14. The second-order valence-corrected chi connectivity index (χ2v) is 7.79. The molecule has 4 nitrogen and oxygen atoms in total. The zero-order chi connectivity index (χ0) is 17.7. The van der Waals surface area contributed by atoms with Gasteiger partial charge in [0.15, 0.2) is 0 Å². The molecule has 2 aromatic rings. The van der Waals surface area contributed by atoms with E-state index in [1.165, 1.54) is 5.82 Å². The van der Waals surface area contributed by atoms with Gasteiger partial charge >= 0.3 is 7.60 Å². The zero-order valence-electron chi connectivity index (χ0n) is 14.3. The largest absolute Gasteiger partial charge is 0.489 e. The summed E-state index contributed by atoms with van der Waals surface area (Å²) in [6.45, 7) is 2.41. The first-order valence-electron chi connectivity index (χ1n) is 8.54. The summed E-state index contributed by atoms with van der Waals surface area (Å²) in [5, 5.41) is 0. The van der Waals surface area contributed by atoms with E-state index in [2.05, 4.69) is 0 Å². The van der Waals surface area contributed by atoms with Crippen molar-refractivity contribution in [3.8, 4) is 5.75 Å². The summed E-state index contributed by atoms with van der Waals surface area (Å²) >= 11 is 0. The number of hydrogen-bond donors (Lipinski definition) is 1. The highest BCUT2D eigenvalue weighted by atomic mass is 31.2. The second kappa shape index (κ2) is 8.01. The van der Waals surface area contributed by atoms with Gasteiger partial charge in [0.2, 0.25) is 0 Å². The van der Waals surface area contributed by atoms with Crippen molar-refractivity contribution in [3.05, 3.63) is 71.5 Å². The Labute approximate surface area is 150 Å². The Morgan fingerprint density at radius 2 is 2.00 bits per heavy atom. The van der Waals surface area contributed by atoms with Crippen LogP contribution in [0.25, 0.3) is 5.57 Å². The van der Waals surface area contributed by atoms with Crippen LogP contribution in [0, 0.1) is 5.92 Å². The first-order chi connectivity index (χ1) is 12.1. The first kappa shape index (κ1) is 17.9. The van der Waals surface area contributed by atoms with Crippen LogP contribution in [0.15, 0.2) is 60.4 Å². The van der Waals surface area contributed by atoms with Crippen LogP contribution in [0.4, 0.5) is 0 Å². The summed E-state index contributed by atoms with van der Waals surface area (Å²) in [5.74, 6) is 2.48. The molecular weight excluding hydrogens is 335 g/mol. The van der Waals surface area contributed by atoms with E-state index in [-0.39, 0.29) is 8.03 Å². The molecule has 1 fully saturated rings. The van der Waals surface area contributed by atoms with Crippen molar-refractivity contribution in [1.82, 2.24) is 0 Å². The molecule has 3 rings (SSSR count). The maximum Gasteiger partial charge on any atom is 0.351 e. The van der Waals surface area contributed by atoms with Gasteiger partial charge in [0.1, 0.15) is 12.4 Å². The van der Waals surface area contributed by atoms with Crippen molar-refractivity contribution in [3.63, 3.8) is 0 Å². The Bertz CT molecular complexity index is 787. The molecule has 2 aromatic carbocycles. The summed E-state index contributed by atoms with van der Waals surface area (Å²) in [4.78, 5) is 9.97. The van der Waals surface area contributed by atoms with Crippen molar-refractivity contribution in [2.75, 3.05) is 6.61 Å². The molecule has 0 aromatic heterocycles. The third-order valence-corrected chi connectivity index (χ3v) is 5.28. The fourth-order valence-electron chi connectivity index (χ4n) is 2.71. The molecule has 1 aliphatic carbocycles. The van der Waals surface area contributed by atoms with Crippen LogP contribution in [-0.4, -0.2) is 11.5 Å². The lowest BCUT2D eigenvalue weighted by Crippen LogP contribution is -1.96. The highest BCUT2D eigenvalue weighted by Crippen LogP contribution is 2.51. The maximum atomic E-state index is 12.2. The summed E-state index contributed by atoms with van der Waals surface area (Å²) in [6.07, 6.45) is 2.07. The molecule has 134 valence electrons. The molecule has 1 atom stereocenters. The molecule has 5 heteroatoms. The number of allylic oxidation sites excluding steroid dienone is 1. The molecular formula is C20H25O4P. The minimum absolute atomic E-state index is 0. The van der Waals surface area contributed by atoms with Gasteiger partial charge < -0.3 is 14.2 Å². The quantitative estimate of drug-likeness (QED) is 0.633. The molecule has 1 unspecified atom stereocenters. The van der Waals surface area contributed by atoms with Crippen LogP contribution < -0.4 is 4.74 Å². The third kappa shape index (κ3) is 5.30. The zero-order valence-corrected chi connectivity index (χ0v) is 15.2. The van der Waals surface area contributed by atoms with Crippen molar-refractivity contribution in [2.24, 2.45) is 5.92 Å². The molecule has 0 spiro atoms. The van der Waals surface area contributed by atoms with Gasteiger partial charge in [-0.2, -0.15) is 0 Å². The fraction of sp³-hybridized carbons (Fsp3) is 0.300.